The van der Waals surface area contributed by atoms with Crippen molar-refractivity contribution in [3.63, 3.8) is 0 Å². The summed E-state index contributed by atoms with van der Waals surface area (Å²) in [6, 6.07) is 5.20. The van der Waals surface area contributed by atoms with Crippen molar-refractivity contribution in [2.75, 3.05) is 0 Å². The molecule has 0 atom stereocenters. The van der Waals surface area contributed by atoms with Crippen LogP contribution in [0.4, 0.5) is 13.2 Å². The maximum Gasteiger partial charge on any atom is 0.416 e. The highest BCUT2D eigenvalue weighted by atomic mass is 79.9. The predicted molar refractivity (Wildman–Crippen MR) is 57.8 cm³/mol. The molecule has 0 aliphatic rings. The minimum Gasteiger partial charge on any atom is -0.166 e. The maximum atomic E-state index is 12.2. The van der Waals surface area contributed by atoms with Crippen molar-refractivity contribution < 1.29 is 13.2 Å². The average molecular weight is 279 g/mol. The van der Waals surface area contributed by atoms with Gasteiger partial charge in [-0.3, -0.25) is 0 Å². The molecule has 1 aromatic carbocycles. The highest BCUT2D eigenvalue weighted by molar-refractivity contribution is 9.11. The monoisotopic (exact) mass is 278 g/mol. The molecule has 0 bridgehead atoms. The minimum absolute atomic E-state index is 0.607. The highest BCUT2D eigenvalue weighted by Crippen LogP contribution is 2.29. The molecule has 1 aromatic rings. The van der Waals surface area contributed by atoms with E-state index in [1.807, 2.05) is 0 Å². The van der Waals surface area contributed by atoms with E-state index in [1.165, 1.54) is 12.1 Å². The van der Waals surface area contributed by atoms with Crippen molar-refractivity contribution >= 4 is 15.9 Å². The molecule has 0 N–H and O–H groups in total. The number of alkyl halides is 3. The Bertz CT molecular complexity index is 338. The van der Waals surface area contributed by atoms with E-state index >= 15 is 0 Å². The van der Waals surface area contributed by atoms with Crippen LogP contribution >= 0.6 is 15.9 Å². The summed E-state index contributed by atoms with van der Waals surface area (Å²) in [5.74, 6) is 0. The zero-order valence-electron chi connectivity index (χ0n) is 7.94. The number of rotatable bonds is 3. The summed E-state index contributed by atoms with van der Waals surface area (Å²) in [6.45, 7) is 3.66. The van der Waals surface area contributed by atoms with Crippen molar-refractivity contribution in [3.8, 4) is 0 Å². The molecule has 1 rings (SSSR count). The molecular weight excluding hydrogens is 269 g/mol. The summed E-state index contributed by atoms with van der Waals surface area (Å²) < 4.78 is 37.5. The standard InChI is InChI=1S/C11H10BrF3/c1-8(12)2-3-9-4-6-10(7-5-9)11(13,14)15/h4-7H,1-3H2. The SMILES string of the molecule is C=C(Br)CCc1ccc(C(F)(F)F)cc1. The zero-order valence-corrected chi connectivity index (χ0v) is 9.53. The highest BCUT2D eigenvalue weighted by Gasteiger charge is 2.29. The number of benzene rings is 1. The molecule has 0 aliphatic carbocycles. The van der Waals surface area contributed by atoms with Crippen LogP contribution in [0.2, 0.25) is 0 Å². The third-order valence-corrected chi connectivity index (χ3v) is 2.36. The molecule has 0 aromatic heterocycles. The first-order valence-corrected chi connectivity index (χ1v) is 5.18. The van der Waals surface area contributed by atoms with Gasteiger partial charge in [0.1, 0.15) is 0 Å². The van der Waals surface area contributed by atoms with Crippen LogP contribution in [-0.2, 0) is 12.6 Å². The van der Waals surface area contributed by atoms with Crippen LogP contribution < -0.4 is 0 Å². The fourth-order valence-corrected chi connectivity index (χ4v) is 1.34. The average Bonchev–Trinajstić information content (AvgIpc) is 2.14. The van der Waals surface area contributed by atoms with E-state index in [1.54, 1.807) is 0 Å². The molecule has 0 saturated carbocycles. The molecule has 0 unspecified atom stereocenters. The lowest BCUT2D eigenvalue weighted by molar-refractivity contribution is -0.137. The van der Waals surface area contributed by atoms with E-state index in [9.17, 15) is 13.2 Å². The van der Waals surface area contributed by atoms with E-state index in [0.29, 0.717) is 6.42 Å². The molecule has 0 aliphatic heterocycles. The number of hydrogen-bond acceptors (Lipinski definition) is 0. The first-order chi connectivity index (χ1) is 6.89. The number of aryl methyl sites for hydroxylation is 1. The van der Waals surface area contributed by atoms with Crippen molar-refractivity contribution in [2.45, 2.75) is 19.0 Å². The lowest BCUT2D eigenvalue weighted by Gasteiger charge is -2.07. The van der Waals surface area contributed by atoms with Crippen LogP contribution in [0.15, 0.2) is 35.3 Å². The van der Waals surface area contributed by atoms with Gasteiger partial charge < -0.3 is 0 Å². The topological polar surface area (TPSA) is 0 Å². The normalized spacial score (nSPS) is 11.5. The number of allylic oxidation sites excluding steroid dienone is 1. The van der Waals surface area contributed by atoms with Gasteiger partial charge in [-0.25, -0.2) is 0 Å². The Balaban J connectivity index is 2.69. The lowest BCUT2D eigenvalue weighted by atomic mass is 10.1. The zero-order chi connectivity index (χ0) is 11.5. The molecule has 4 heteroatoms. The molecular formula is C11H10BrF3. The van der Waals surface area contributed by atoms with Gasteiger partial charge in [0.05, 0.1) is 5.56 Å². The van der Waals surface area contributed by atoms with Gasteiger partial charge in [0.2, 0.25) is 0 Å². The molecule has 0 spiro atoms. The van der Waals surface area contributed by atoms with Crippen molar-refractivity contribution in [2.24, 2.45) is 0 Å². The van der Waals surface area contributed by atoms with E-state index in [4.69, 9.17) is 0 Å². The van der Waals surface area contributed by atoms with Crippen LogP contribution in [0.5, 0.6) is 0 Å². The lowest BCUT2D eigenvalue weighted by Crippen LogP contribution is -2.04. The molecule has 0 saturated heterocycles. The summed E-state index contributed by atoms with van der Waals surface area (Å²) in [6.07, 6.45) is -2.83. The summed E-state index contributed by atoms with van der Waals surface area (Å²) >= 11 is 3.20. The Morgan fingerprint density at radius 2 is 1.73 bits per heavy atom. The molecule has 0 radical (unpaired) electrons. The fourth-order valence-electron chi connectivity index (χ4n) is 1.14. The Hall–Kier alpha value is -0.770. The van der Waals surface area contributed by atoms with E-state index in [-0.39, 0.29) is 0 Å². The second-order valence-electron chi connectivity index (χ2n) is 3.21. The summed E-state index contributed by atoms with van der Waals surface area (Å²) in [4.78, 5) is 0. The predicted octanol–water partition coefficient (Wildman–Crippen LogP) is 4.55. The van der Waals surface area contributed by atoms with Gasteiger partial charge in [-0.1, -0.05) is 34.6 Å². The number of halogens is 4. The first-order valence-electron chi connectivity index (χ1n) is 4.39. The van der Waals surface area contributed by atoms with Gasteiger partial charge in [0, 0.05) is 0 Å². The van der Waals surface area contributed by atoms with Gasteiger partial charge in [0.25, 0.3) is 0 Å². The van der Waals surface area contributed by atoms with Crippen molar-refractivity contribution in [1.82, 2.24) is 0 Å². The third kappa shape index (κ3) is 4.08. The van der Waals surface area contributed by atoms with E-state index < -0.39 is 11.7 Å². The van der Waals surface area contributed by atoms with Crippen molar-refractivity contribution in [3.05, 3.63) is 46.5 Å². The Kier molecular flexibility index (Phi) is 3.97. The quantitative estimate of drug-likeness (QED) is 0.761. The molecule has 0 nitrogen and oxygen atoms in total. The molecule has 0 amide bonds. The van der Waals surface area contributed by atoms with Crippen LogP contribution in [0.25, 0.3) is 0 Å². The van der Waals surface area contributed by atoms with Gasteiger partial charge in [0.15, 0.2) is 0 Å². The second-order valence-corrected chi connectivity index (χ2v) is 4.33. The fraction of sp³-hybridized carbons (Fsp3) is 0.273. The van der Waals surface area contributed by atoms with Gasteiger partial charge >= 0.3 is 6.18 Å². The Labute approximate surface area is 94.9 Å². The van der Waals surface area contributed by atoms with Crippen LogP contribution in [0.3, 0.4) is 0 Å². The van der Waals surface area contributed by atoms with E-state index in [0.717, 1.165) is 28.6 Å². The maximum absolute atomic E-state index is 12.2. The van der Waals surface area contributed by atoms with E-state index in [2.05, 4.69) is 22.5 Å². The van der Waals surface area contributed by atoms with Gasteiger partial charge in [-0.2, -0.15) is 13.2 Å². The third-order valence-electron chi connectivity index (χ3n) is 1.97. The second kappa shape index (κ2) is 4.84. The van der Waals surface area contributed by atoms with Gasteiger partial charge in [-0.15, -0.1) is 0 Å². The summed E-state index contributed by atoms with van der Waals surface area (Å²) in [5, 5.41) is 0. The minimum atomic E-state index is -4.25. The summed E-state index contributed by atoms with van der Waals surface area (Å²) in [5.41, 5.74) is 0.271. The first kappa shape index (κ1) is 12.3. The number of hydrogen-bond donors (Lipinski definition) is 0. The molecule has 82 valence electrons. The Morgan fingerprint density at radius 1 is 1.20 bits per heavy atom. The van der Waals surface area contributed by atoms with Crippen LogP contribution in [0.1, 0.15) is 17.5 Å². The summed E-state index contributed by atoms with van der Waals surface area (Å²) in [7, 11) is 0. The van der Waals surface area contributed by atoms with Crippen LogP contribution in [-0.4, -0.2) is 0 Å². The van der Waals surface area contributed by atoms with Crippen LogP contribution in [0, 0.1) is 0 Å². The van der Waals surface area contributed by atoms with Gasteiger partial charge in [-0.05, 0) is 35.0 Å². The molecule has 15 heavy (non-hydrogen) atoms. The Morgan fingerprint density at radius 3 is 2.13 bits per heavy atom. The smallest absolute Gasteiger partial charge is 0.166 e. The molecule has 0 fully saturated rings. The van der Waals surface area contributed by atoms with Crippen molar-refractivity contribution in [1.29, 1.82) is 0 Å². The largest absolute Gasteiger partial charge is 0.416 e. The molecule has 0 heterocycles.